The fraction of sp³-hybridized carbons (Fsp3) is 0.643. The van der Waals surface area contributed by atoms with Gasteiger partial charge in [-0.25, -0.2) is 18.1 Å². The molecule has 5 nitrogen and oxygen atoms in total. The van der Waals surface area contributed by atoms with Gasteiger partial charge in [-0.15, -0.1) is 0 Å². The fourth-order valence-corrected chi connectivity index (χ4v) is 3.29. The van der Waals surface area contributed by atoms with Gasteiger partial charge < -0.3 is 5.32 Å². The summed E-state index contributed by atoms with van der Waals surface area (Å²) in [5.41, 5.74) is 0. The summed E-state index contributed by atoms with van der Waals surface area (Å²) >= 11 is 0. The number of aromatic nitrogens is 1. The Labute approximate surface area is 122 Å². The third-order valence-corrected chi connectivity index (χ3v) is 4.56. The van der Waals surface area contributed by atoms with Crippen molar-refractivity contribution in [1.29, 1.82) is 0 Å². The molecular formula is C14H25N3O2S. The van der Waals surface area contributed by atoms with E-state index in [4.69, 9.17) is 0 Å². The van der Waals surface area contributed by atoms with Gasteiger partial charge in [0, 0.05) is 18.8 Å². The highest BCUT2D eigenvalue weighted by Gasteiger charge is 2.21. The number of sulfonamides is 1. The van der Waals surface area contributed by atoms with Crippen molar-refractivity contribution < 1.29 is 8.42 Å². The molecule has 0 saturated carbocycles. The van der Waals surface area contributed by atoms with Crippen LogP contribution in [0.15, 0.2) is 23.2 Å². The highest BCUT2D eigenvalue weighted by molar-refractivity contribution is 7.89. The Morgan fingerprint density at radius 3 is 2.55 bits per heavy atom. The van der Waals surface area contributed by atoms with Crippen LogP contribution >= 0.6 is 0 Å². The maximum atomic E-state index is 12.4. The van der Waals surface area contributed by atoms with Gasteiger partial charge in [0.1, 0.15) is 10.7 Å². The van der Waals surface area contributed by atoms with Crippen LogP contribution in [0.1, 0.15) is 40.5 Å². The van der Waals surface area contributed by atoms with Crippen LogP contribution in [-0.4, -0.2) is 26.0 Å². The molecule has 1 rings (SSSR count). The minimum absolute atomic E-state index is 0.0860. The first-order chi connectivity index (χ1) is 9.36. The lowest BCUT2D eigenvalue weighted by molar-refractivity contribution is 0.485. The molecule has 0 saturated heterocycles. The predicted molar refractivity (Wildman–Crippen MR) is 82.3 cm³/mol. The molecule has 0 aliphatic heterocycles. The van der Waals surface area contributed by atoms with Crippen LogP contribution in [0.3, 0.4) is 0 Å². The molecule has 0 bridgehead atoms. The van der Waals surface area contributed by atoms with Crippen LogP contribution in [0.25, 0.3) is 0 Å². The number of nitrogens with zero attached hydrogens (tertiary/aromatic N) is 1. The SMILES string of the molecule is CCNc1ncccc1S(=O)(=O)NC(C)CCC(C)C. The summed E-state index contributed by atoms with van der Waals surface area (Å²) in [4.78, 5) is 4.29. The Morgan fingerprint density at radius 2 is 1.95 bits per heavy atom. The quantitative estimate of drug-likeness (QED) is 0.774. The molecule has 1 unspecified atom stereocenters. The molecule has 0 amide bonds. The number of nitrogens with one attached hydrogen (secondary N) is 2. The summed E-state index contributed by atoms with van der Waals surface area (Å²) in [6.07, 6.45) is 3.41. The lowest BCUT2D eigenvalue weighted by Crippen LogP contribution is -2.33. The second kappa shape index (κ2) is 7.59. The van der Waals surface area contributed by atoms with Gasteiger partial charge in [-0.3, -0.25) is 0 Å². The second-order valence-corrected chi connectivity index (χ2v) is 7.06. The monoisotopic (exact) mass is 299 g/mol. The van der Waals surface area contributed by atoms with Crippen molar-refractivity contribution in [3.8, 4) is 0 Å². The molecule has 6 heteroatoms. The van der Waals surface area contributed by atoms with Crippen LogP contribution in [0.5, 0.6) is 0 Å². The molecule has 2 N–H and O–H groups in total. The summed E-state index contributed by atoms with van der Waals surface area (Å²) in [6, 6.07) is 3.12. The zero-order valence-corrected chi connectivity index (χ0v) is 13.5. The maximum Gasteiger partial charge on any atom is 0.244 e. The zero-order chi connectivity index (χ0) is 15.2. The Morgan fingerprint density at radius 1 is 1.25 bits per heavy atom. The van der Waals surface area contributed by atoms with Crippen LogP contribution in [0, 0.1) is 5.92 Å². The van der Waals surface area contributed by atoms with E-state index in [1.807, 2.05) is 13.8 Å². The normalized spacial score (nSPS) is 13.4. The molecule has 0 aliphatic rings. The average Bonchev–Trinajstić information content (AvgIpc) is 2.37. The maximum absolute atomic E-state index is 12.4. The topological polar surface area (TPSA) is 71.1 Å². The third kappa shape index (κ3) is 5.09. The Hall–Kier alpha value is -1.14. The molecule has 1 atom stereocenters. The van der Waals surface area contributed by atoms with Gasteiger partial charge in [0.15, 0.2) is 0 Å². The first-order valence-electron chi connectivity index (χ1n) is 7.08. The minimum atomic E-state index is -3.54. The number of anilines is 1. The van der Waals surface area contributed by atoms with Gasteiger partial charge in [0.05, 0.1) is 0 Å². The minimum Gasteiger partial charge on any atom is -0.369 e. The van der Waals surface area contributed by atoms with Crippen LogP contribution < -0.4 is 10.0 Å². The lowest BCUT2D eigenvalue weighted by atomic mass is 10.1. The van der Waals surface area contributed by atoms with E-state index >= 15 is 0 Å². The summed E-state index contributed by atoms with van der Waals surface area (Å²) in [5, 5.41) is 2.98. The van der Waals surface area contributed by atoms with E-state index in [0.717, 1.165) is 12.8 Å². The molecule has 0 fully saturated rings. The standard InChI is InChI=1S/C14H25N3O2S/c1-5-15-14-13(7-6-10-16-14)20(18,19)17-12(4)9-8-11(2)3/h6-7,10-12,17H,5,8-9H2,1-4H3,(H,15,16). The number of pyridine rings is 1. The molecule has 1 aromatic rings. The van der Waals surface area contributed by atoms with Crippen LogP contribution in [0.2, 0.25) is 0 Å². The molecular weight excluding hydrogens is 274 g/mol. The Kier molecular flexibility index (Phi) is 6.42. The van der Waals surface area contributed by atoms with Crippen molar-refractivity contribution in [3.05, 3.63) is 18.3 Å². The highest BCUT2D eigenvalue weighted by atomic mass is 32.2. The smallest absolute Gasteiger partial charge is 0.244 e. The molecule has 0 spiro atoms. The lowest BCUT2D eigenvalue weighted by Gasteiger charge is -2.16. The fourth-order valence-electron chi connectivity index (χ4n) is 1.88. The average molecular weight is 299 g/mol. The Bertz CT molecular complexity index is 515. The van der Waals surface area contributed by atoms with Gasteiger partial charge >= 0.3 is 0 Å². The van der Waals surface area contributed by atoms with Crippen molar-refractivity contribution in [2.45, 2.75) is 51.5 Å². The van der Waals surface area contributed by atoms with Gasteiger partial charge in [0.25, 0.3) is 0 Å². The van der Waals surface area contributed by atoms with E-state index in [0.29, 0.717) is 18.3 Å². The zero-order valence-electron chi connectivity index (χ0n) is 12.7. The first kappa shape index (κ1) is 16.9. The third-order valence-electron chi connectivity index (χ3n) is 2.94. The predicted octanol–water partition coefficient (Wildman–Crippen LogP) is 2.62. The van der Waals surface area contributed by atoms with E-state index in [1.54, 1.807) is 18.3 Å². The number of hydrogen-bond acceptors (Lipinski definition) is 4. The van der Waals surface area contributed by atoms with Crippen molar-refractivity contribution >= 4 is 15.8 Å². The van der Waals surface area contributed by atoms with Gasteiger partial charge in [0.2, 0.25) is 10.0 Å². The molecule has 20 heavy (non-hydrogen) atoms. The van der Waals surface area contributed by atoms with E-state index < -0.39 is 10.0 Å². The molecule has 1 aromatic heterocycles. The van der Waals surface area contributed by atoms with E-state index in [1.165, 1.54) is 0 Å². The molecule has 1 heterocycles. The number of hydrogen-bond donors (Lipinski definition) is 2. The summed E-state index contributed by atoms with van der Waals surface area (Å²) < 4.78 is 27.5. The van der Waals surface area contributed by atoms with Crippen LogP contribution in [0.4, 0.5) is 5.82 Å². The number of rotatable bonds is 8. The molecule has 0 aromatic carbocycles. The van der Waals surface area contributed by atoms with Crippen molar-refractivity contribution in [3.63, 3.8) is 0 Å². The molecule has 0 radical (unpaired) electrons. The van der Waals surface area contributed by atoms with Crippen LogP contribution in [-0.2, 0) is 10.0 Å². The van der Waals surface area contributed by atoms with Crippen molar-refractivity contribution in [2.75, 3.05) is 11.9 Å². The first-order valence-corrected chi connectivity index (χ1v) is 8.56. The summed E-state index contributed by atoms with van der Waals surface area (Å²) in [7, 11) is -3.54. The largest absolute Gasteiger partial charge is 0.369 e. The van der Waals surface area contributed by atoms with E-state index in [2.05, 4.69) is 28.9 Å². The molecule has 114 valence electrons. The Balaban J connectivity index is 2.83. The van der Waals surface area contributed by atoms with Gasteiger partial charge in [-0.05, 0) is 44.7 Å². The van der Waals surface area contributed by atoms with Gasteiger partial charge in [-0.1, -0.05) is 13.8 Å². The second-order valence-electron chi connectivity index (χ2n) is 5.37. The van der Waals surface area contributed by atoms with E-state index in [-0.39, 0.29) is 10.9 Å². The highest BCUT2D eigenvalue weighted by Crippen LogP contribution is 2.18. The summed E-state index contributed by atoms with van der Waals surface area (Å²) in [6.45, 7) is 8.69. The summed E-state index contributed by atoms with van der Waals surface area (Å²) in [5.74, 6) is 0.969. The van der Waals surface area contributed by atoms with E-state index in [9.17, 15) is 8.42 Å². The van der Waals surface area contributed by atoms with Gasteiger partial charge in [-0.2, -0.15) is 0 Å². The van der Waals surface area contributed by atoms with Crippen molar-refractivity contribution in [2.24, 2.45) is 5.92 Å². The molecule has 0 aliphatic carbocycles. The van der Waals surface area contributed by atoms with Crippen molar-refractivity contribution in [1.82, 2.24) is 9.71 Å².